The van der Waals surface area contributed by atoms with Crippen molar-refractivity contribution in [3.8, 4) is 0 Å². The van der Waals surface area contributed by atoms with Crippen molar-refractivity contribution in [1.29, 1.82) is 0 Å². The molecule has 2 heterocycles. The first-order valence-electron chi connectivity index (χ1n) is 4.85. The smallest absolute Gasteiger partial charge is 0.163 e. The van der Waals surface area contributed by atoms with Gasteiger partial charge in [0.1, 0.15) is 5.60 Å². The highest BCUT2D eigenvalue weighted by molar-refractivity contribution is 5.08. The molecule has 4 heteroatoms. The molecule has 3 aliphatic rings. The number of ether oxygens (including phenoxy) is 2. The van der Waals surface area contributed by atoms with Gasteiger partial charge in [0.15, 0.2) is 6.29 Å². The predicted octanol–water partition coefficient (Wildman–Crippen LogP) is -0.509. The van der Waals surface area contributed by atoms with E-state index < -0.39 is 11.7 Å². The second kappa shape index (κ2) is 2.45. The first-order valence-corrected chi connectivity index (χ1v) is 4.85. The van der Waals surface area contributed by atoms with Crippen LogP contribution in [0.5, 0.6) is 0 Å². The molecule has 0 aromatic rings. The fourth-order valence-corrected chi connectivity index (χ4v) is 3.02. The van der Waals surface area contributed by atoms with Gasteiger partial charge in [0.05, 0.1) is 19.3 Å². The summed E-state index contributed by atoms with van der Waals surface area (Å²) >= 11 is 0. The van der Waals surface area contributed by atoms with Gasteiger partial charge in [-0.25, -0.2) is 0 Å². The van der Waals surface area contributed by atoms with Gasteiger partial charge in [-0.05, 0) is 18.8 Å². The van der Waals surface area contributed by atoms with Crippen molar-refractivity contribution in [2.75, 3.05) is 13.2 Å². The molecule has 0 aromatic carbocycles. The molecule has 0 aromatic heterocycles. The zero-order valence-electron chi connectivity index (χ0n) is 7.35. The Morgan fingerprint density at radius 1 is 1.31 bits per heavy atom. The van der Waals surface area contributed by atoms with E-state index in [0.717, 1.165) is 6.42 Å². The van der Waals surface area contributed by atoms with Crippen molar-refractivity contribution in [3.63, 3.8) is 0 Å². The molecule has 0 unspecified atom stereocenters. The SMILES string of the molecule is O[C@@H]1C[C@@H]2CCO[C@@H]3OC[C@@]1(O)[C@H]23. The number of rotatable bonds is 0. The highest BCUT2D eigenvalue weighted by atomic mass is 16.7. The Balaban J connectivity index is 1.97. The molecule has 1 aliphatic carbocycles. The largest absolute Gasteiger partial charge is 0.390 e. The summed E-state index contributed by atoms with van der Waals surface area (Å²) in [7, 11) is 0. The van der Waals surface area contributed by atoms with Gasteiger partial charge in [-0.2, -0.15) is 0 Å². The van der Waals surface area contributed by atoms with E-state index in [0.29, 0.717) is 18.9 Å². The molecular weight excluding hydrogens is 172 g/mol. The average Bonchev–Trinajstić information content (AvgIpc) is 2.57. The van der Waals surface area contributed by atoms with Crippen molar-refractivity contribution < 1.29 is 19.7 Å². The summed E-state index contributed by atoms with van der Waals surface area (Å²) in [5.41, 5.74) is -1.03. The topological polar surface area (TPSA) is 58.9 Å². The molecule has 3 fully saturated rings. The van der Waals surface area contributed by atoms with E-state index in [4.69, 9.17) is 9.47 Å². The summed E-state index contributed by atoms with van der Waals surface area (Å²) in [6, 6.07) is 0. The van der Waals surface area contributed by atoms with E-state index in [9.17, 15) is 10.2 Å². The molecule has 2 aliphatic heterocycles. The maximum absolute atomic E-state index is 10.2. The molecule has 3 rings (SSSR count). The van der Waals surface area contributed by atoms with Crippen molar-refractivity contribution in [2.24, 2.45) is 11.8 Å². The molecule has 0 bridgehead atoms. The van der Waals surface area contributed by atoms with E-state index in [1.165, 1.54) is 0 Å². The quantitative estimate of drug-likeness (QED) is 0.535. The van der Waals surface area contributed by atoms with Crippen LogP contribution in [0.2, 0.25) is 0 Å². The maximum atomic E-state index is 10.2. The number of aliphatic hydroxyl groups excluding tert-OH is 1. The first kappa shape index (κ1) is 8.17. The Morgan fingerprint density at radius 2 is 2.15 bits per heavy atom. The Kier molecular flexibility index (Phi) is 1.54. The van der Waals surface area contributed by atoms with Crippen LogP contribution in [0.1, 0.15) is 12.8 Å². The third kappa shape index (κ3) is 0.892. The molecule has 5 atom stereocenters. The summed E-state index contributed by atoms with van der Waals surface area (Å²) in [5, 5.41) is 19.9. The fourth-order valence-electron chi connectivity index (χ4n) is 3.02. The summed E-state index contributed by atoms with van der Waals surface area (Å²) in [4.78, 5) is 0. The lowest BCUT2D eigenvalue weighted by Crippen LogP contribution is -2.46. The molecule has 2 N–H and O–H groups in total. The minimum absolute atomic E-state index is 0.00347. The van der Waals surface area contributed by atoms with Crippen LogP contribution in [0.3, 0.4) is 0 Å². The van der Waals surface area contributed by atoms with Crippen molar-refractivity contribution in [3.05, 3.63) is 0 Å². The van der Waals surface area contributed by atoms with Gasteiger partial charge < -0.3 is 19.7 Å². The molecule has 0 amide bonds. The standard InChI is InChI=1S/C9H14O4/c10-6-3-5-1-2-12-8-7(5)9(6,11)4-13-8/h5-8,10-11H,1-4H2/t5-,6+,7+,8+,9-/m0/s1. The summed E-state index contributed by atoms with van der Waals surface area (Å²) in [5.74, 6) is 0.373. The maximum Gasteiger partial charge on any atom is 0.163 e. The monoisotopic (exact) mass is 186 g/mol. The van der Waals surface area contributed by atoms with Crippen LogP contribution in [0, 0.1) is 11.8 Å². The lowest BCUT2D eigenvalue weighted by molar-refractivity contribution is -0.166. The Bertz CT molecular complexity index is 232. The summed E-state index contributed by atoms with van der Waals surface area (Å²) in [6.45, 7) is 0.911. The minimum Gasteiger partial charge on any atom is -0.390 e. The Hall–Kier alpha value is -0.160. The minimum atomic E-state index is -1.03. The summed E-state index contributed by atoms with van der Waals surface area (Å²) in [6.07, 6.45) is 0.726. The van der Waals surface area contributed by atoms with Gasteiger partial charge in [-0.15, -0.1) is 0 Å². The fraction of sp³-hybridized carbons (Fsp3) is 1.00. The lowest BCUT2D eigenvalue weighted by atomic mass is 9.84. The molecule has 0 spiro atoms. The number of hydrogen-bond donors (Lipinski definition) is 2. The number of aliphatic hydroxyl groups is 2. The van der Waals surface area contributed by atoms with Crippen LogP contribution in [0.25, 0.3) is 0 Å². The van der Waals surface area contributed by atoms with Crippen LogP contribution in [0.15, 0.2) is 0 Å². The molecule has 74 valence electrons. The third-order valence-corrected chi connectivity index (χ3v) is 3.73. The Morgan fingerprint density at radius 3 is 3.00 bits per heavy atom. The van der Waals surface area contributed by atoms with E-state index in [-0.39, 0.29) is 18.8 Å². The second-order valence-corrected chi connectivity index (χ2v) is 4.37. The van der Waals surface area contributed by atoms with E-state index in [1.54, 1.807) is 0 Å². The average molecular weight is 186 g/mol. The molecule has 2 saturated heterocycles. The highest BCUT2D eigenvalue weighted by Gasteiger charge is 2.62. The van der Waals surface area contributed by atoms with Gasteiger partial charge in [0.25, 0.3) is 0 Å². The lowest BCUT2D eigenvalue weighted by Gasteiger charge is -2.31. The van der Waals surface area contributed by atoms with Crippen molar-refractivity contribution >= 4 is 0 Å². The number of hydrogen-bond acceptors (Lipinski definition) is 4. The van der Waals surface area contributed by atoms with Crippen molar-refractivity contribution in [1.82, 2.24) is 0 Å². The molecule has 0 radical (unpaired) electrons. The van der Waals surface area contributed by atoms with E-state index in [2.05, 4.69) is 0 Å². The molecule has 4 nitrogen and oxygen atoms in total. The van der Waals surface area contributed by atoms with Crippen LogP contribution in [-0.2, 0) is 9.47 Å². The first-order chi connectivity index (χ1) is 6.22. The normalized spacial score (nSPS) is 59.5. The molecule has 13 heavy (non-hydrogen) atoms. The third-order valence-electron chi connectivity index (χ3n) is 3.73. The van der Waals surface area contributed by atoms with E-state index >= 15 is 0 Å². The zero-order valence-corrected chi connectivity index (χ0v) is 7.35. The van der Waals surface area contributed by atoms with Crippen LogP contribution in [-0.4, -0.2) is 41.4 Å². The van der Waals surface area contributed by atoms with Gasteiger partial charge in [0.2, 0.25) is 0 Å². The van der Waals surface area contributed by atoms with Gasteiger partial charge in [-0.1, -0.05) is 0 Å². The Labute approximate surface area is 76.5 Å². The molecular formula is C9H14O4. The van der Waals surface area contributed by atoms with Crippen molar-refractivity contribution in [2.45, 2.75) is 30.8 Å². The van der Waals surface area contributed by atoms with Crippen LogP contribution < -0.4 is 0 Å². The molecule has 1 saturated carbocycles. The summed E-state index contributed by atoms with van der Waals surface area (Å²) < 4.78 is 10.7. The van der Waals surface area contributed by atoms with Gasteiger partial charge >= 0.3 is 0 Å². The van der Waals surface area contributed by atoms with E-state index in [1.807, 2.05) is 0 Å². The van der Waals surface area contributed by atoms with Crippen LogP contribution >= 0.6 is 0 Å². The zero-order chi connectivity index (χ0) is 9.05. The van der Waals surface area contributed by atoms with Crippen LogP contribution in [0.4, 0.5) is 0 Å². The predicted molar refractivity (Wildman–Crippen MR) is 42.9 cm³/mol. The highest BCUT2D eigenvalue weighted by Crippen LogP contribution is 2.51. The second-order valence-electron chi connectivity index (χ2n) is 4.37. The van der Waals surface area contributed by atoms with Gasteiger partial charge in [0, 0.05) is 5.92 Å². The van der Waals surface area contributed by atoms with Gasteiger partial charge in [-0.3, -0.25) is 0 Å².